The van der Waals surface area contributed by atoms with Gasteiger partial charge in [-0.05, 0) is 43.9 Å². The quantitative estimate of drug-likeness (QED) is 0.490. The maximum atomic E-state index is 13.4. The van der Waals surface area contributed by atoms with Crippen LogP contribution in [0.15, 0.2) is 29.4 Å². The van der Waals surface area contributed by atoms with Gasteiger partial charge in [-0.25, -0.2) is 13.8 Å². The molecule has 0 radical (unpaired) electrons. The molecule has 1 saturated heterocycles. The highest BCUT2D eigenvalue weighted by molar-refractivity contribution is 7.11. The number of benzene rings is 1. The fourth-order valence-corrected chi connectivity index (χ4v) is 4.39. The third-order valence-corrected chi connectivity index (χ3v) is 6.41. The Morgan fingerprint density at radius 2 is 2.03 bits per heavy atom. The van der Waals surface area contributed by atoms with E-state index in [2.05, 4.69) is 34.4 Å². The van der Waals surface area contributed by atoms with Crippen LogP contribution in [0, 0.1) is 11.6 Å². The van der Waals surface area contributed by atoms with E-state index in [0.29, 0.717) is 19.1 Å². The number of hydrogen-bond acceptors (Lipinski definition) is 4. The Morgan fingerprint density at radius 3 is 2.70 bits per heavy atom. The zero-order valence-electron chi connectivity index (χ0n) is 17.8. The van der Waals surface area contributed by atoms with Gasteiger partial charge in [0.15, 0.2) is 17.6 Å². The van der Waals surface area contributed by atoms with Gasteiger partial charge >= 0.3 is 0 Å². The molecule has 2 heterocycles. The summed E-state index contributed by atoms with van der Waals surface area (Å²) in [6.07, 6.45) is 5.82. The van der Waals surface area contributed by atoms with Crippen molar-refractivity contribution in [3.63, 3.8) is 0 Å². The lowest BCUT2D eigenvalue weighted by molar-refractivity contribution is 0.198. The second kappa shape index (κ2) is 11.4. The molecule has 30 heavy (non-hydrogen) atoms. The maximum Gasteiger partial charge on any atom is 0.191 e. The summed E-state index contributed by atoms with van der Waals surface area (Å²) in [7, 11) is 0. The molecule has 3 rings (SSSR count). The molecule has 1 aliphatic rings. The van der Waals surface area contributed by atoms with Crippen LogP contribution >= 0.6 is 11.3 Å². The van der Waals surface area contributed by atoms with E-state index in [4.69, 9.17) is 4.99 Å². The average molecular weight is 436 g/mol. The van der Waals surface area contributed by atoms with Crippen LogP contribution in [0.1, 0.15) is 42.1 Å². The number of aliphatic imine (C=N–C) groups is 1. The highest BCUT2D eigenvalue weighted by atomic mass is 32.1. The molecule has 0 bridgehead atoms. The molecule has 1 aromatic heterocycles. The lowest BCUT2D eigenvalue weighted by Crippen LogP contribution is -2.48. The van der Waals surface area contributed by atoms with E-state index < -0.39 is 11.6 Å². The van der Waals surface area contributed by atoms with Crippen molar-refractivity contribution >= 4 is 17.3 Å². The summed E-state index contributed by atoms with van der Waals surface area (Å²) in [5.41, 5.74) is 0.809. The molecule has 164 valence electrons. The third-order valence-electron chi connectivity index (χ3n) is 5.21. The second-order valence-electron chi connectivity index (χ2n) is 7.53. The molecule has 8 heteroatoms. The molecule has 2 aromatic rings. The van der Waals surface area contributed by atoms with Crippen LogP contribution < -0.4 is 10.6 Å². The fraction of sp³-hybridized carbons (Fsp3) is 0.545. The molecule has 0 saturated carbocycles. The SMILES string of the molecule is CCNC(=NCCc1ncc(CC)s1)NC1CCN(Cc2ccc(F)c(F)c2)CC1. The summed E-state index contributed by atoms with van der Waals surface area (Å²) < 4.78 is 26.5. The Morgan fingerprint density at radius 1 is 1.23 bits per heavy atom. The maximum absolute atomic E-state index is 13.4. The van der Waals surface area contributed by atoms with Gasteiger partial charge in [-0.3, -0.25) is 9.89 Å². The Kier molecular flexibility index (Phi) is 8.57. The van der Waals surface area contributed by atoms with Crippen LogP contribution in [0.3, 0.4) is 0 Å². The van der Waals surface area contributed by atoms with E-state index in [1.165, 1.54) is 17.0 Å². The molecule has 0 unspecified atom stereocenters. The van der Waals surface area contributed by atoms with Crippen molar-refractivity contribution in [2.75, 3.05) is 26.2 Å². The smallest absolute Gasteiger partial charge is 0.191 e. The summed E-state index contributed by atoms with van der Waals surface area (Å²) in [6.45, 7) is 8.20. The van der Waals surface area contributed by atoms with Gasteiger partial charge in [-0.1, -0.05) is 13.0 Å². The van der Waals surface area contributed by atoms with E-state index in [0.717, 1.165) is 61.8 Å². The largest absolute Gasteiger partial charge is 0.357 e. The molecular formula is C22H31F2N5S. The predicted octanol–water partition coefficient (Wildman–Crippen LogP) is 3.75. The van der Waals surface area contributed by atoms with E-state index in [1.54, 1.807) is 17.4 Å². The van der Waals surface area contributed by atoms with Gasteiger partial charge in [0, 0.05) is 56.3 Å². The van der Waals surface area contributed by atoms with Crippen molar-refractivity contribution < 1.29 is 8.78 Å². The molecule has 0 aliphatic carbocycles. The van der Waals surface area contributed by atoms with Crippen molar-refractivity contribution in [1.82, 2.24) is 20.5 Å². The van der Waals surface area contributed by atoms with Gasteiger partial charge in [0.1, 0.15) is 0 Å². The molecule has 5 nitrogen and oxygen atoms in total. The summed E-state index contributed by atoms with van der Waals surface area (Å²) in [5.74, 6) is -0.722. The van der Waals surface area contributed by atoms with Crippen LogP contribution in [0.2, 0.25) is 0 Å². The lowest BCUT2D eigenvalue weighted by atomic mass is 10.0. The van der Waals surface area contributed by atoms with Gasteiger partial charge in [0.2, 0.25) is 0 Å². The highest BCUT2D eigenvalue weighted by Gasteiger charge is 2.20. The van der Waals surface area contributed by atoms with Crippen LogP contribution in [0.4, 0.5) is 8.78 Å². The molecule has 1 fully saturated rings. The number of aryl methyl sites for hydroxylation is 1. The average Bonchev–Trinajstić information content (AvgIpc) is 3.20. The minimum Gasteiger partial charge on any atom is -0.357 e. The van der Waals surface area contributed by atoms with Gasteiger partial charge in [0.25, 0.3) is 0 Å². The third kappa shape index (κ3) is 6.74. The minimum absolute atomic E-state index is 0.357. The number of halogens is 2. The molecule has 1 aromatic carbocycles. The van der Waals surface area contributed by atoms with E-state index in [-0.39, 0.29) is 0 Å². The molecule has 2 N–H and O–H groups in total. The Labute approximate surface area is 181 Å². The molecule has 0 spiro atoms. The number of piperidine rings is 1. The van der Waals surface area contributed by atoms with Gasteiger partial charge in [-0.15, -0.1) is 11.3 Å². The highest BCUT2D eigenvalue weighted by Crippen LogP contribution is 2.16. The zero-order chi connectivity index (χ0) is 21.3. The van der Waals surface area contributed by atoms with Crippen LogP contribution in [-0.4, -0.2) is 48.1 Å². The number of thiazole rings is 1. The Balaban J connectivity index is 1.45. The number of nitrogens with zero attached hydrogens (tertiary/aromatic N) is 3. The van der Waals surface area contributed by atoms with Crippen molar-refractivity contribution in [3.05, 3.63) is 51.5 Å². The Bertz CT molecular complexity index is 831. The van der Waals surface area contributed by atoms with Crippen molar-refractivity contribution in [3.8, 4) is 0 Å². The van der Waals surface area contributed by atoms with Crippen LogP contribution in [-0.2, 0) is 19.4 Å². The molecule has 0 atom stereocenters. The summed E-state index contributed by atoms with van der Waals surface area (Å²) in [6, 6.07) is 4.51. The number of aromatic nitrogens is 1. The fourth-order valence-electron chi connectivity index (χ4n) is 3.54. The number of rotatable bonds is 8. The monoisotopic (exact) mass is 435 g/mol. The number of nitrogens with one attached hydrogen (secondary N) is 2. The summed E-state index contributed by atoms with van der Waals surface area (Å²) >= 11 is 1.77. The molecule has 0 amide bonds. The Hall–Kier alpha value is -2.06. The first-order valence-corrected chi connectivity index (χ1v) is 11.5. The topological polar surface area (TPSA) is 52.6 Å². The van der Waals surface area contributed by atoms with Crippen molar-refractivity contribution in [2.24, 2.45) is 4.99 Å². The van der Waals surface area contributed by atoms with Crippen LogP contribution in [0.5, 0.6) is 0 Å². The number of guanidine groups is 1. The van der Waals surface area contributed by atoms with Gasteiger partial charge in [0.05, 0.1) is 5.01 Å². The van der Waals surface area contributed by atoms with E-state index >= 15 is 0 Å². The summed E-state index contributed by atoms with van der Waals surface area (Å²) in [5, 5.41) is 8.01. The predicted molar refractivity (Wildman–Crippen MR) is 119 cm³/mol. The standard InChI is InChI=1S/C22H31F2N5S/c1-3-18-14-27-21(30-18)7-10-26-22(25-4-2)28-17-8-11-29(12-9-17)15-16-5-6-19(23)20(24)13-16/h5-6,13-14,17H,3-4,7-12,15H2,1-2H3,(H2,25,26,28). The summed E-state index contributed by atoms with van der Waals surface area (Å²) in [4.78, 5) is 12.8. The first kappa shape index (κ1) is 22.6. The minimum atomic E-state index is -0.794. The molecule has 1 aliphatic heterocycles. The first-order chi connectivity index (χ1) is 14.6. The van der Waals surface area contributed by atoms with Crippen LogP contribution in [0.25, 0.3) is 0 Å². The lowest BCUT2D eigenvalue weighted by Gasteiger charge is -2.33. The zero-order valence-corrected chi connectivity index (χ0v) is 18.6. The van der Waals surface area contributed by atoms with E-state index in [1.807, 2.05) is 6.20 Å². The van der Waals surface area contributed by atoms with Crippen molar-refractivity contribution in [1.29, 1.82) is 0 Å². The normalized spacial score (nSPS) is 16.1. The molecular weight excluding hydrogens is 404 g/mol. The van der Waals surface area contributed by atoms with Gasteiger partial charge < -0.3 is 10.6 Å². The van der Waals surface area contributed by atoms with Gasteiger partial charge in [-0.2, -0.15) is 0 Å². The number of likely N-dealkylation sites (tertiary alicyclic amines) is 1. The number of hydrogen-bond donors (Lipinski definition) is 2. The first-order valence-electron chi connectivity index (χ1n) is 10.7. The van der Waals surface area contributed by atoms with Crippen molar-refractivity contribution in [2.45, 2.75) is 52.1 Å². The van der Waals surface area contributed by atoms with E-state index in [9.17, 15) is 8.78 Å². The second-order valence-corrected chi connectivity index (χ2v) is 8.73.